The molecule has 0 radical (unpaired) electrons. The van der Waals surface area contributed by atoms with Gasteiger partial charge in [-0.1, -0.05) is 12.1 Å². The molecule has 0 bridgehead atoms. The number of rotatable bonds is 2. The van der Waals surface area contributed by atoms with Gasteiger partial charge in [-0.05, 0) is 17.7 Å². The number of nitrogens with zero attached hydrogens (tertiary/aromatic N) is 3. The number of hydrogen-bond donors (Lipinski definition) is 1. The number of nitrogens with one attached hydrogen (secondary N) is 1. The number of H-pyrrole nitrogens is 1. The molecule has 0 aromatic carbocycles. The molecule has 0 aliphatic rings. The second-order valence-corrected chi connectivity index (χ2v) is 4.48. The van der Waals surface area contributed by atoms with Crippen molar-refractivity contribution in [1.82, 2.24) is 19.6 Å². The molecule has 0 saturated heterocycles. The minimum absolute atomic E-state index is 0.333. The molecule has 0 aliphatic heterocycles. The molecule has 108 valence electrons. The predicted molar refractivity (Wildman–Crippen MR) is 67.9 cm³/mol. The number of hydrogen-bond acceptors (Lipinski definition) is 3. The van der Waals surface area contributed by atoms with Crippen LogP contribution in [0.4, 0.5) is 13.2 Å². The van der Waals surface area contributed by atoms with Gasteiger partial charge in [-0.2, -0.15) is 18.3 Å². The SMILES string of the molecule is O=c1[nH]nc2c(Cc3ccc(C(F)(F)F)nc3)cccn12. The van der Waals surface area contributed by atoms with E-state index < -0.39 is 11.9 Å². The van der Waals surface area contributed by atoms with E-state index in [-0.39, 0.29) is 5.69 Å². The number of pyridine rings is 2. The van der Waals surface area contributed by atoms with Crippen LogP contribution >= 0.6 is 0 Å². The molecule has 5 nitrogen and oxygen atoms in total. The van der Waals surface area contributed by atoms with Gasteiger partial charge in [0, 0.05) is 24.4 Å². The first kappa shape index (κ1) is 13.3. The van der Waals surface area contributed by atoms with E-state index in [1.165, 1.54) is 16.7 Å². The average molecular weight is 294 g/mol. The van der Waals surface area contributed by atoms with Crippen molar-refractivity contribution in [3.8, 4) is 0 Å². The maximum atomic E-state index is 12.4. The molecule has 8 heteroatoms. The third-order valence-corrected chi connectivity index (χ3v) is 3.03. The molecule has 0 atom stereocenters. The number of halogens is 3. The lowest BCUT2D eigenvalue weighted by atomic mass is 10.1. The van der Waals surface area contributed by atoms with Crippen molar-refractivity contribution in [3.05, 3.63) is 64.0 Å². The fourth-order valence-corrected chi connectivity index (χ4v) is 2.04. The zero-order chi connectivity index (χ0) is 15.0. The van der Waals surface area contributed by atoms with E-state index >= 15 is 0 Å². The smallest absolute Gasteiger partial charge is 0.251 e. The Morgan fingerprint density at radius 1 is 1.24 bits per heavy atom. The molecule has 0 spiro atoms. The summed E-state index contributed by atoms with van der Waals surface area (Å²) < 4.78 is 38.7. The minimum Gasteiger partial charge on any atom is -0.251 e. The highest BCUT2D eigenvalue weighted by molar-refractivity contribution is 5.48. The Balaban J connectivity index is 1.94. The van der Waals surface area contributed by atoms with E-state index in [1.54, 1.807) is 18.3 Å². The van der Waals surface area contributed by atoms with Crippen molar-refractivity contribution in [2.75, 3.05) is 0 Å². The lowest BCUT2D eigenvalue weighted by Crippen LogP contribution is -2.09. The molecule has 0 aliphatic carbocycles. The third kappa shape index (κ3) is 2.51. The van der Waals surface area contributed by atoms with Crippen molar-refractivity contribution >= 4 is 5.65 Å². The highest BCUT2D eigenvalue weighted by Crippen LogP contribution is 2.27. The zero-order valence-electron chi connectivity index (χ0n) is 10.6. The summed E-state index contributed by atoms with van der Waals surface area (Å²) in [5.74, 6) is 0. The molecule has 0 saturated carbocycles. The number of fused-ring (bicyclic) bond motifs is 1. The summed E-state index contributed by atoms with van der Waals surface area (Å²) in [4.78, 5) is 14.9. The topological polar surface area (TPSA) is 63.0 Å². The van der Waals surface area contributed by atoms with Gasteiger partial charge in [0.2, 0.25) is 0 Å². The molecule has 3 aromatic rings. The predicted octanol–water partition coefficient (Wildman–Crippen LogP) is 2.03. The van der Waals surface area contributed by atoms with E-state index in [0.29, 0.717) is 17.6 Å². The molecule has 0 fully saturated rings. The Hall–Kier alpha value is -2.64. The van der Waals surface area contributed by atoms with Crippen molar-refractivity contribution in [2.24, 2.45) is 0 Å². The van der Waals surface area contributed by atoms with E-state index in [4.69, 9.17) is 0 Å². The van der Waals surface area contributed by atoms with Crippen LogP contribution in [0.15, 0.2) is 41.5 Å². The average Bonchev–Trinajstić information content (AvgIpc) is 2.82. The quantitative estimate of drug-likeness (QED) is 0.786. The molecule has 0 unspecified atom stereocenters. The van der Waals surface area contributed by atoms with Crippen LogP contribution in [0, 0.1) is 0 Å². The van der Waals surface area contributed by atoms with E-state index in [2.05, 4.69) is 15.2 Å². The fourth-order valence-electron chi connectivity index (χ4n) is 2.04. The van der Waals surface area contributed by atoms with Gasteiger partial charge in [-0.15, -0.1) is 0 Å². The van der Waals surface area contributed by atoms with Crippen LogP contribution in [0.2, 0.25) is 0 Å². The summed E-state index contributed by atoms with van der Waals surface area (Å²) in [7, 11) is 0. The van der Waals surface area contributed by atoms with Crippen molar-refractivity contribution < 1.29 is 13.2 Å². The first-order valence-electron chi connectivity index (χ1n) is 6.02. The molecule has 21 heavy (non-hydrogen) atoms. The lowest BCUT2D eigenvalue weighted by molar-refractivity contribution is -0.141. The van der Waals surface area contributed by atoms with Gasteiger partial charge in [0.15, 0.2) is 5.65 Å². The first-order chi connectivity index (χ1) is 9.95. The van der Waals surface area contributed by atoms with Gasteiger partial charge in [0.25, 0.3) is 0 Å². The van der Waals surface area contributed by atoms with Crippen molar-refractivity contribution in [3.63, 3.8) is 0 Å². The van der Waals surface area contributed by atoms with Gasteiger partial charge in [0.05, 0.1) is 0 Å². The van der Waals surface area contributed by atoms with Gasteiger partial charge >= 0.3 is 11.9 Å². The van der Waals surface area contributed by atoms with Crippen molar-refractivity contribution in [1.29, 1.82) is 0 Å². The highest BCUT2D eigenvalue weighted by Gasteiger charge is 2.31. The fraction of sp³-hybridized carbons (Fsp3) is 0.154. The standard InChI is InChI=1S/C13H9F3N4O/c14-13(15,16)10-4-3-8(7-17-10)6-9-2-1-5-20-11(9)18-19-12(20)21/h1-5,7H,6H2,(H,19,21). The van der Waals surface area contributed by atoms with Crippen LogP contribution in [0.1, 0.15) is 16.8 Å². The van der Waals surface area contributed by atoms with Crippen LogP contribution in [-0.4, -0.2) is 19.6 Å². The summed E-state index contributed by atoms with van der Waals surface area (Å²) in [6.07, 6.45) is -1.37. The van der Waals surface area contributed by atoms with Gasteiger partial charge in [-0.25, -0.2) is 9.89 Å². The maximum absolute atomic E-state index is 12.4. The summed E-state index contributed by atoms with van der Waals surface area (Å²) in [5.41, 5.74) is 0.476. The van der Waals surface area contributed by atoms with E-state index in [0.717, 1.165) is 11.6 Å². The maximum Gasteiger partial charge on any atom is 0.433 e. The summed E-state index contributed by atoms with van der Waals surface area (Å²) in [6.45, 7) is 0. The number of aromatic amines is 1. The van der Waals surface area contributed by atoms with Crippen LogP contribution in [-0.2, 0) is 12.6 Å². The Labute approximate surface area is 116 Å². The second kappa shape index (κ2) is 4.72. The van der Waals surface area contributed by atoms with Gasteiger partial charge in [0.1, 0.15) is 5.69 Å². The zero-order valence-corrected chi connectivity index (χ0v) is 10.6. The van der Waals surface area contributed by atoms with Crippen LogP contribution in [0.25, 0.3) is 5.65 Å². The summed E-state index contributed by atoms with van der Waals surface area (Å²) in [6, 6.07) is 5.74. The lowest BCUT2D eigenvalue weighted by Gasteiger charge is -2.07. The number of alkyl halides is 3. The first-order valence-corrected chi connectivity index (χ1v) is 6.02. The van der Waals surface area contributed by atoms with E-state index in [9.17, 15) is 18.0 Å². The Kier molecular flexibility index (Phi) is 3.00. The third-order valence-electron chi connectivity index (χ3n) is 3.03. The van der Waals surface area contributed by atoms with Crippen LogP contribution in [0.5, 0.6) is 0 Å². The largest absolute Gasteiger partial charge is 0.433 e. The Morgan fingerprint density at radius 3 is 2.71 bits per heavy atom. The molecule has 3 heterocycles. The van der Waals surface area contributed by atoms with Gasteiger partial charge < -0.3 is 0 Å². The van der Waals surface area contributed by atoms with E-state index in [1.807, 2.05) is 0 Å². The van der Waals surface area contributed by atoms with Crippen LogP contribution < -0.4 is 5.69 Å². The molecule has 1 N–H and O–H groups in total. The normalized spacial score (nSPS) is 12.0. The molecule has 3 rings (SSSR count). The minimum atomic E-state index is -4.45. The Morgan fingerprint density at radius 2 is 2.05 bits per heavy atom. The Bertz CT molecular complexity index is 833. The van der Waals surface area contributed by atoms with Crippen molar-refractivity contribution in [2.45, 2.75) is 12.6 Å². The molecular formula is C13H9F3N4O. The summed E-state index contributed by atoms with van der Waals surface area (Å²) in [5, 5.41) is 6.22. The molecule has 3 aromatic heterocycles. The van der Waals surface area contributed by atoms with Crippen LogP contribution in [0.3, 0.4) is 0 Å². The molecule has 0 amide bonds. The highest BCUT2D eigenvalue weighted by atomic mass is 19.4. The summed E-state index contributed by atoms with van der Waals surface area (Å²) >= 11 is 0. The molecular weight excluding hydrogens is 285 g/mol. The monoisotopic (exact) mass is 294 g/mol. The number of aromatic nitrogens is 4. The van der Waals surface area contributed by atoms with Gasteiger partial charge in [-0.3, -0.25) is 9.38 Å². The second-order valence-electron chi connectivity index (χ2n) is 4.48.